The van der Waals surface area contributed by atoms with E-state index in [0.29, 0.717) is 6.42 Å². The van der Waals surface area contributed by atoms with Gasteiger partial charge in [-0.3, -0.25) is 4.79 Å². The summed E-state index contributed by atoms with van der Waals surface area (Å²) in [6, 6.07) is 8.26. The van der Waals surface area contributed by atoms with Crippen molar-refractivity contribution in [3.8, 4) is 11.1 Å². The third-order valence-corrected chi connectivity index (χ3v) is 9.23. The second kappa shape index (κ2) is 7.17. The lowest BCUT2D eigenvalue weighted by Gasteiger charge is -2.43. The Morgan fingerprint density at radius 2 is 1.92 bits per heavy atom. The first-order valence-electron chi connectivity index (χ1n) is 9.56. The Hall–Kier alpha value is -1.04. The van der Waals surface area contributed by atoms with Crippen LogP contribution in [0, 0.1) is 9.74 Å². The summed E-state index contributed by atoms with van der Waals surface area (Å²) in [5.41, 5.74) is 2.98. The van der Waals surface area contributed by atoms with E-state index in [0.717, 1.165) is 27.4 Å². The summed E-state index contributed by atoms with van der Waals surface area (Å²) in [4.78, 5) is 16.6. The number of amides is 1. The molecule has 1 saturated carbocycles. The zero-order valence-electron chi connectivity index (χ0n) is 15.4. The van der Waals surface area contributed by atoms with E-state index >= 15 is 0 Å². The van der Waals surface area contributed by atoms with E-state index in [-0.39, 0.29) is 11.4 Å². The molecule has 0 unspecified atom stereocenters. The van der Waals surface area contributed by atoms with Crippen molar-refractivity contribution in [3.05, 3.63) is 33.0 Å². The summed E-state index contributed by atoms with van der Waals surface area (Å²) in [6.07, 6.45) is 8.29. The van der Waals surface area contributed by atoms with E-state index in [9.17, 15) is 4.79 Å². The minimum absolute atomic E-state index is 0.253. The number of hydrogen-bond acceptors (Lipinski definition) is 4. The van der Waals surface area contributed by atoms with Crippen LogP contribution in [0.1, 0.15) is 63.7 Å². The van der Waals surface area contributed by atoms with E-state index in [1.54, 1.807) is 20.7 Å². The number of rotatable bonds is 3. The lowest BCUT2D eigenvalue weighted by molar-refractivity contribution is -0.120. The van der Waals surface area contributed by atoms with Gasteiger partial charge in [0.05, 0.1) is 16.1 Å². The van der Waals surface area contributed by atoms with Crippen molar-refractivity contribution in [2.24, 2.45) is 5.92 Å². The summed E-state index contributed by atoms with van der Waals surface area (Å²) >= 11 is 5.62. The van der Waals surface area contributed by atoms with Crippen LogP contribution in [0.25, 0.3) is 11.1 Å². The molecule has 2 nitrogen and oxygen atoms in total. The highest BCUT2D eigenvalue weighted by Crippen LogP contribution is 2.52. The van der Waals surface area contributed by atoms with Crippen LogP contribution in [0.5, 0.6) is 0 Å². The first-order chi connectivity index (χ1) is 12.5. The van der Waals surface area contributed by atoms with E-state index in [1.807, 2.05) is 17.0 Å². The topological polar surface area (TPSA) is 20.3 Å². The summed E-state index contributed by atoms with van der Waals surface area (Å²) in [5.74, 6) is 0.984. The predicted molar refractivity (Wildman–Crippen MR) is 115 cm³/mol. The molecule has 1 aliphatic heterocycles. The molecule has 0 radical (unpaired) electrons. The van der Waals surface area contributed by atoms with Gasteiger partial charge in [-0.05, 0) is 32.3 Å². The summed E-state index contributed by atoms with van der Waals surface area (Å²) < 4.78 is 0.944. The summed E-state index contributed by atoms with van der Waals surface area (Å²) in [5, 5.41) is 0. The Morgan fingerprint density at radius 3 is 2.69 bits per heavy atom. The smallest absolute Gasteiger partial charge is 0.227 e. The van der Waals surface area contributed by atoms with E-state index in [4.69, 9.17) is 12.2 Å². The van der Waals surface area contributed by atoms with Gasteiger partial charge in [0.15, 0.2) is 0 Å². The average molecular weight is 404 g/mol. The van der Waals surface area contributed by atoms with Gasteiger partial charge in [-0.2, -0.15) is 0 Å². The number of anilines is 1. The van der Waals surface area contributed by atoms with Gasteiger partial charge in [-0.1, -0.05) is 83.2 Å². The van der Waals surface area contributed by atoms with Crippen LogP contribution in [-0.2, 0) is 10.3 Å². The van der Waals surface area contributed by atoms with Crippen LogP contribution >= 0.6 is 32.9 Å². The Morgan fingerprint density at radius 1 is 1.19 bits per heavy atom. The highest BCUT2D eigenvalue weighted by atomic mass is 32.9. The average Bonchev–Trinajstić information content (AvgIpc) is 3.04. The van der Waals surface area contributed by atoms with Crippen molar-refractivity contribution >= 4 is 44.5 Å². The van der Waals surface area contributed by atoms with Crippen molar-refractivity contribution in [1.82, 2.24) is 0 Å². The maximum Gasteiger partial charge on any atom is 0.227 e. The normalized spacial score (nSPS) is 19.1. The van der Waals surface area contributed by atoms with E-state index in [1.165, 1.54) is 42.5 Å². The molecule has 1 fully saturated rings. The predicted octanol–water partition coefficient (Wildman–Crippen LogP) is 7.15. The van der Waals surface area contributed by atoms with Crippen molar-refractivity contribution in [3.63, 3.8) is 0 Å². The molecule has 0 bridgehead atoms. The zero-order chi connectivity index (χ0) is 18.3. The standard InChI is InChI=1S/C21H25NOS3/c1-21(2)19-18(20(24)26-25-19)15-10-6-7-11-16(15)22(21)17(23)13-12-14-8-4-3-5-9-14/h6-7,10-11,14H,3-5,8-9,12-13H2,1-2H3. The molecule has 4 rings (SSSR count). The van der Waals surface area contributed by atoms with Gasteiger partial charge in [0.25, 0.3) is 0 Å². The van der Waals surface area contributed by atoms with Crippen molar-refractivity contribution in [2.75, 3.05) is 4.90 Å². The molecule has 2 heterocycles. The van der Waals surface area contributed by atoms with E-state index < -0.39 is 0 Å². The minimum atomic E-state index is -0.342. The molecule has 26 heavy (non-hydrogen) atoms. The Balaban J connectivity index is 1.67. The van der Waals surface area contributed by atoms with Gasteiger partial charge in [0.1, 0.15) is 3.82 Å². The van der Waals surface area contributed by atoms with E-state index in [2.05, 4.69) is 26.0 Å². The molecular formula is C21H25NOS3. The van der Waals surface area contributed by atoms with Crippen molar-refractivity contribution in [2.45, 2.75) is 64.3 Å². The molecule has 0 atom stereocenters. The summed E-state index contributed by atoms with van der Waals surface area (Å²) in [7, 11) is 3.39. The molecule has 5 heteroatoms. The number of nitrogens with zero attached hydrogens (tertiary/aromatic N) is 1. The molecule has 1 amide bonds. The number of para-hydroxylation sites is 1. The second-order valence-corrected chi connectivity index (χ2v) is 10.8. The van der Waals surface area contributed by atoms with Crippen LogP contribution in [0.3, 0.4) is 0 Å². The number of carbonyl (C=O) groups is 1. The third-order valence-electron chi connectivity index (χ3n) is 5.90. The maximum atomic E-state index is 13.3. The van der Waals surface area contributed by atoms with Gasteiger partial charge < -0.3 is 4.90 Å². The van der Waals surface area contributed by atoms with Crippen LogP contribution in [0.4, 0.5) is 5.69 Å². The van der Waals surface area contributed by atoms with Crippen LogP contribution in [0.15, 0.2) is 24.3 Å². The Labute approximate surface area is 168 Å². The number of hydrogen-bond donors (Lipinski definition) is 0. The fraction of sp³-hybridized carbons (Fsp3) is 0.524. The molecular weight excluding hydrogens is 378 g/mol. The molecule has 1 aromatic heterocycles. The summed E-state index contributed by atoms with van der Waals surface area (Å²) in [6.45, 7) is 4.33. The largest absolute Gasteiger partial charge is 0.301 e. The van der Waals surface area contributed by atoms with Crippen LogP contribution < -0.4 is 4.90 Å². The molecule has 2 aliphatic rings. The quantitative estimate of drug-likeness (QED) is 0.401. The van der Waals surface area contributed by atoms with Crippen LogP contribution in [-0.4, -0.2) is 5.91 Å². The maximum absolute atomic E-state index is 13.3. The molecule has 138 valence electrons. The molecule has 0 N–H and O–H groups in total. The lowest BCUT2D eigenvalue weighted by Crippen LogP contribution is -2.47. The highest BCUT2D eigenvalue weighted by Gasteiger charge is 2.42. The fourth-order valence-corrected chi connectivity index (χ4v) is 7.82. The van der Waals surface area contributed by atoms with Gasteiger partial charge in [0.2, 0.25) is 5.91 Å². The fourth-order valence-electron chi connectivity index (χ4n) is 4.54. The van der Waals surface area contributed by atoms with Gasteiger partial charge in [-0.15, -0.1) is 0 Å². The molecule has 2 aromatic rings. The number of benzene rings is 1. The highest BCUT2D eigenvalue weighted by molar-refractivity contribution is 7.80. The second-order valence-electron chi connectivity index (χ2n) is 8.01. The number of carbonyl (C=O) groups excluding carboxylic acids is 1. The molecule has 1 aliphatic carbocycles. The Bertz CT molecular complexity index is 873. The first-order valence-corrected chi connectivity index (χ1v) is 12.1. The van der Waals surface area contributed by atoms with Gasteiger partial charge in [0, 0.05) is 17.5 Å². The monoisotopic (exact) mass is 403 g/mol. The van der Waals surface area contributed by atoms with Gasteiger partial charge in [-0.25, -0.2) is 0 Å². The SMILES string of the molecule is CC1(C)c2ssc(=S)c2-c2ccccc2N1C(=O)CCC1CCCCC1. The lowest BCUT2D eigenvalue weighted by atomic mass is 9.84. The van der Waals surface area contributed by atoms with Crippen LogP contribution in [0.2, 0.25) is 0 Å². The Kier molecular flexibility index (Phi) is 5.06. The molecule has 0 saturated heterocycles. The molecule has 1 aromatic carbocycles. The van der Waals surface area contributed by atoms with Gasteiger partial charge >= 0.3 is 0 Å². The zero-order valence-corrected chi connectivity index (χ0v) is 17.9. The minimum Gasteiger partial charge on any atom is -0.301 e. The molecule has 0 spiro atoms. The van der Waals surface area contributed by atoms with Crippen molar-refractivity contribution in [1.29, 1.82) is 0 Å². The third kappa shape index (κ3) is 3.08. The first kappa shape index (κ1) is 18.3. The van der Waals surface area contributed by atoms with Crippen molar-refractivity contribution < 1.29 is 4.79 Å². The number of fused-ring (bicyclic) bond motifs is 3.